The number of rotatable bonds is 9. The normalized spacial score (nSPS) is 22.9. The van der Waals surface area contributed by atoms with Gasteiger partial charge in [-0.3, -0.25) is 24.1 Å². The van der Waals surface area contributed by atoms with Crippen LogP contribution in [0.5, 0.6) is 0 Å². The Morgan fingerprint density at radius 2 is 1.61 bits per heavy atom. The van der Waals surface area contributed by atoms with Gasteiger partial charge in [0.05, 0.1) is 11.8 Å². The van der Waals surface area contributed by atoms with E-state index < -0.39 is 6.04 Å². The summed E-state index contributed by atoms with van der Waals surface area (Å²) >= 11 is 0. The fourth-order valence-corrected chi connectivity index (χ4v) is 5.79. The molecular formula is C29H39N3O4. The van der Waals surface area contributed by atoms with Crippen LogP contribution in [-0.4, -0.2) is 52.1 Å². The number of hydrogen-bond donors (Lipinski definition) is 1. The summed E-state index contributed by atoms with van der Waals surface area (Å²) in [5, 5.41) is 3.19. The molecule has 1 heterocycles. The molecule has 7 heteroatoms. The van der Waals surface area contributed by atoms with Crippen LogP contribution in [0.3, 0.4) is 0 Å². The van der Waals surface area contributed by atoms with Crippen molar-refractivity contribution < 1.29 is 19.2 Å². The summed E-state index contributed by atoms with van der Waals surface area (Å²) in [5.74, 6) is -1.27. The fraction of sp³-hybridized carbons (Fsp3) is 0.586. The van der Waals surface area contributed by atoms with E-state index in [4.69, 9.17) is 0 Å². The number of nitrogens with zero attached hydrogens (tertiary/aromatic N) is 2. The maximum absolute atomic E-state index is 13.6. The lowest BCUT2D eigenvalue weighted by Gasteiger charge is -2.33. The Kier molecular flexibility index (Phi) is 8.60. The molecule has 1 aliphatic heterocycles. The minimum atomic E-state index is -0.600. The Morgan fingerprint density at radius 3 is 2.19 bits per heavy atom. The van der Waals surface area contributed by atoms with Crippen LogP contribution < -0.4 is 5.32 Å². The number of carbonyl (C=O) groups excluding carboxylic acids is 4. The minimum absolute atomic E-state index is 0.0173. The van der Waals surface area contributed by atoms with Gasteiger partial charge in [0.25, 0.3) is 0 Å². The van der Waals surface area contributed by atoms with Crippen LogP contribution >= 0.6 is 0 Å². The molecular weight excluding hydrogens is 454 g/mol. The van der Waals surface area contributed by atoms with Gasteiger partial charge in [0.1, 0.15) is 6.04 Å². The molecule has 194 valence electrons. The molecule has 0 spiro atoms. The first-order valence-electron chi connectivity index (χ1n) is 13.5. The van der Waals surface area contributed by atoms with Gasteiger partial charge in [-0.1, -0.05) is 68.2 Å². The number of hydrogen-bond acceptors (Lipinski definition) is 4. The van der Waals surface area contributed by atoms with Crippen LogP contribution in [0, 0.1) is 18.8 Å². The Morgan fingerprint density at radius 1 is 1.00 bits per heavy atom. The standard InChI is InChI=1S/C29H39N3O4/c1-3-25(27(34)30-22-9-5-4-6-10-22)32(19-21-15-13-20(2)14-16-21)26(33)17-18-31-28(35)23-11-7-8-12-24(23)29(31)36/h7-8,13-16,22-25H,3-6,9-12,17-19H2,1-2H3,(H,30,34)/t23-,24+,25-/m1/s1. The van der Waals surface area contributed by atoms with Gasteiger partial charge >= 0.3 is 0 Å². The van der Waals surface area contributed by atoms with Gasteiger partial charge in [-0.2, -0.15) is 0 Å². The third-order valence-electron chi connectivity index (χ3n) is 7.96. The monoisotopic (exact) mass is 493 g/mol. The molecule has 2 aliphatic carbocycles. The van der Waals surface area contributed by atoms with Crippen LogP contribution in [0.1, 0.15) is 75.8 Å². The van der Waals surface area contributed by atoms with Crippen LogP contribution in [-0.2, 0) is 25.7 Å². The quantitative estimate of drug-likeness (QED) is 0.418. The number of amides is 4. The average molecular weight is 494 g/mol. The molecule has 1 N–H and O–H groups in total. The van der Waals surface area contributed by atoms with E-state index in [2.05, 4.69) is 5.32 Å². The zero-order valence-corrected chi connectivity index (χ0v) is 21.6. The summed E-state index contributed by atoms with van der Waals surface area (Å²) < 4.78 is 0. The van der Waals surface area contributed by atoms with Crippen LogP contribution in [0.4, 0.5) is 0 Å². The Hall–Kier alpha value is -2.96. The van der Waals surface area contributed by atoms with Gasteiger partial charge < -0.3 is 10.2 Å². The smallest absolute Gasteiger partial charge is 0.243 e. The van der Waals surface area contributed by atoms with Crippen molar-refractivity contribution in [3.05, 3.63) is 47.5 Å². The number of fused-ring (bicyclic) bond motifs is 1. The number of nitrogens with one attached hydrogen (secondary N) is 1. The first-order valence-corrected chi connectivity index (χ1v) is 13.5. The summed E-state index contributed by atoms with van der Waals surface area (Å²) in [6, 6.07) is 7.52. The van der Waals surface area contributed by atoms with Crippen molar-refractivity contribution in [2.24, 2.45) is 11.8 Å². The SMILES string of the molecule is CC[C@H](C(=O)NC1CCCCC1)N(Cc1ccc(C)cc1)C(=O)CCN1C(=O)[C@H]2CC=CC[C@H]2C1=O. The molecule has 1 aromatic rings. The first-order chi connectivity index (χ1) is 17.4. The molecule has 1 aromatic carbocycles. The van der Waals surface area contributed by atoms with Crippen LogP contribution in [0.15, 0.2) is 36.4 Å². The van der Waals surface area contributed by atoms with Gasteiger partial charge in [0, 0.05) is 25.6 Å². The van der Waals surface area contributed by atoms with Crippen molar-refractivity contribution in [3.63, 3.8) is 0 Å². The number of allylic oxidation sites excluding steroid dienone is 2. The summed E-state index contributed by atoms with van der Waals surface area (Å²) in [4.78, 5) is 55.5. The summed E-state index contributed by atoms with van der Waals surface area (Å²) in [6.07, 6.45) is 11.0. The van der Waals surface area contributed by atoms with Gasteiger partial charge in [-0.15, -0.1) is 0 Å². The molecule has 0 bridgehead atoms. The Labute approximate surface area is 214 Å². The van der Waals surface area contributed by atoms with Crippen molar-refractivity contribution in [1.29, 1.82) is 0 Å². The Bertz CT molecular complexity index is 970. The number of imide groups is 1. The second-order valence-corrected chi connectivity index (χ2v) is 10.5. The molecule has 3 atom stereocenters. The maximum Gasteiger partial charge on any atom is 0.243 e. The lowest BCUT2D eigenvalue weighted by Crippen LogP contribution is -2.52. The van der Waals surface area contributed by atoms with E-state index in [1.165, 1.54) is 11.3 Å². The average Bonchev–Trinajstić information content (AvgIpc) is 3.13. The van der Waals surface area contributed by atoms with E-state index in [0.29, 0.717) is 25.8 Å². The van der Waals surface area contributed by atoms with Crippen molar-refractivity contribution in [2.45, 2.75) is 90.3 Å². The lowest BCUT2D eigenvalue weighted by atomic mass is 9.85. The summed E-state index contributed by atoms with van der Waals surface area (Å²) in [6.45, 7) is 4.31. The third kappa shape index (κ3) is 5.88. The topological polar surface area (TPSA) is 86.8 Å². The van der Waals surface area contributed by atoms with Gasteiger partial charge in [0.2, 0.25) is 23.6 Å². The van der Waals surface area contributed by atoms with Crippen molar-refractivity contribution in [3.8, 4) is 0 Å². The molecule has 36 heavy (non-hydrogen) atoms. The molecule has 0 unspecified atom stereocenters. The number of benzene rings is 1. The molecule has 3 aliphatic rings. The molecule has 2 fully saturated rings. The Balaban J connectivity index is 1.47. The third-order valence-corrected chi connectivity index (χ3v) is 7.96. The molecule has 0 aromatic heterocycles. The van der Waals surface area contributed by atoms with E-state index in [1.807, 2.05) is 50.3 Å². The largest absolute Gasteiger partial charge is 0.352 e. The highest BCUT2D eigenvalue weighted by Crippen LogP contribution is 2.35. The van der Waals surface area contributed by atoms with Crippen LogP contribution in [0.2, 0.25) is 0 Å². The summed E-state index contributed by atoms with van der Waals surface area (Å²) in [7, 11) is 0. The molecule has 1 saturated heterocycles. The van der Waals surface area contributed by atoms with E-state index in [9.17, 15) is 19.2 Å². The van der Waals surface area contributed by atoms with Crippen molar-refractivity contribution in [2.75, 3.05) is 6.54 Å². The number of aryl methyl sites for hydroxylation is 1. The zero-order chi connectivity index (χ0) is 25.7. The second kappa shape index (κ2) is 11.8. The molecule has 4 rings (SSSR count). The van der Waals surface area contributed by atoms with E-state index >= 15 is 0 Å². The highest BCUT2D eigenvalue weighted by atomic mass is 16.2. The number of carbonyl (C=O) groups is 4. The number of likely N-dealkylation sites (tertiary alicyclic amines) is 1. The van der Waals surface area contributed by atoms with E-state index in [1.54, 1.807) is 4.90 Å². The van der Waals surface area contributed by atoms with Gasteiger partial charge in [-0.05, 0) is 44.6 Å². The highest BCUT2D eigenvalue weighted by molar-refractivity contribution is 6.05. The molecule has 4 amide bonds. The predicted molar refractivity (Wildman–Crippen MR) is 138 cm³/mol. The highest BCUT2D eigenvalue weighted by Gasteiger charge is 2.47. The van der Waals surface area contributed by atoms with Crippen molar-refractivity contribution >= 4 is 23.6 Å². The van der Waals surface area contributed by atoms with E-state index in [0.717, 1.165) is 36.8 Å². The fourth-order valence-electron chi connectivity index (χ4n) is 5.79. The zero-order valence-electron chi connectivity index (χ0n) is 21.6. The lowest BCUT2D eigenvalue weighted by molar-refractivity contribution is -0.144. The van der Waals surface area contributed by atoms with Gasteiger partial charge in [-0.25, -0.2) is 0 Å². The van der Waals surface area contributed by atoms with Gasteiger partial charge in [0.15, 0.2) is 0 Å². The maximum atomic E-state index is 13.6. The summed E-state index contributed by atoms with van der Waals surface area (Å²) in [5.41, 5.74) is 2.07. The van der Waals surface area contributed by atoms with E-state index in [-0.39, 0.29) is 54.5 Å². The minimum Gasteiger partial charge on any atom is -0.352 e. The molecule has 0 radical (unpaired) electrons. The van der Waals surface area contributed by atoms with Crippen molar-refractivity contribution in [1.82, 2.24) is 15.1 Å². The molecule has 7 nitrogen and oxygen atoms in total. The van der Waals surface area contributed by atoms with Crippen LogP contribution in [0.25, 0.3) is 0 Å². The predicted octanol–water partition coefficient (Wildman–Crippen LogP) is 3.89. The first kappa shape index (κ1) is 26.1. The molecule has 1 saturated carbocycles. The second-order valence-electron chi connectivity index (χ2n) is 10.5.